The molecule has 0 heterocycles. The van der Waals surface area contributed by atoms with Gasteiger partial charge in [-0.15, -0.1) is 0 Å². The number of carbonyl (C=O) groups is 2. The molecule has 0 aromatic heterocycles. The van der Waals surface area contributed by atoms with Gasteiger partial charge in [-0.25, -0.2) is 4.79 Å². The molecule has 0 radical (unpaired) electrons. The van der Waals surface area contributed by atoms with E-state index in [1.54, 1.807) is 6.07 Å². The van der Waals surface area contributed by atoms with E-state index in [4.69, 9.17) is 9.84 Å². The van der Waals surface area contributed by atoms with Gasteiger partial charge >= 0.3 is 5.97 Å². The summed E-state index contributed by atoms with van der Waals surface area (Å²) >= 11 is 3.35. The van der Waals surface area contributed by atoms with Gasteiger partial charge in [0.05, 0.1) is 17.5 Å². The molecule has 6 heteroatoms. The highest BCUT2D eigenvalue weighted by Crippen LogP contribution is 2.23. The Morgan fingerprint density at radius 3 is 2.71 bits per heavy atom. The van der Waals surface area contributed by atoms with Crippen LogP contribution < -0.4 is 10.1 Å². The molecule has 0 saturated heterocycles. The van der Waals surface area contributed by atoms with Crippen molar-refractivity contribution in [1.29, 1.82) is 0 Å². The largest absolute Gasteiger partial charge is 0.492 e. The Bertz CT molecular complexity index is 478. The topological polar surface area (TPSA) is 75.6 Å². The van der Waals surface area contributed by atoms with Gasteiger partial charge in [-0.1, -0.05) is 31.9 Å². The number of aliphatic carboxylic acids is 1. The predicted octanol–water partition coefficient (Wildman–Crippen LogP) is 2.98. The highest BCUT2D eigenvalue weighted by molar-refractivity contribution is 9.10. The van der Waals surface area contributed by atoms with Crippen LogP contribution in [0.1, 0.15) is 32.6 Å². The number of unbranched alkanes of at least 4 members (excludes halogenated alkanes) is 1. The van der Waals surface area contributed by atoms with Crippen molar-refractivity contribution >= 4 is 27.8 Å². The second kappa shape index (κ2) is 9.39. The standard InChI is InChI=1S/C15H20BrNO4/c1-2-3-7-12(15(19)20)17-14(18)9-10-21-13-8-5-4-6-11(13)16/h4-6,8,12H,2-3,7,9-10H2,1H3,(H,17,18)(H,19,20)/t12-/m0/s1. The Hall–Kier alpha value is -1.56. The van der Waals surface area contributed by atoms with Crippen molar-refractivity contribution in [2.45, 2.75) is 38.6 Å². The van der Waals surface area contributed by atoms with E-state index in [0.29, 0.717) is 12.2 Å². The van der Waals surface area contributed by atoms with Gasteiger partial charge in [0.2, 0.25) is 5.91 Å². The molecule has 0 aliphatic carbocycles. The quantitative estimate of drug-likeness (QED) is 0.712. The van der Waals surface area contributed by atoms with E-state index in [-0.39, 0.29) is 18.9 Å². The van der Waals surface area contributed by atoms with Crippen molar-refractivity contribution < 1.29 is 19.4 Å². The summed E-state index contributed by atoms with van der Waals surface area (Å²) in [5, 5.41) is 11.6. The molecule has 116 valence electrons. The van der Waals surface area contributed by atoms with Crippen LogP contribution in [0.25, 0.3) is 0 Å². The molecule has 0 spiro atoms. The minimum atomic E-state index is -0.997. The van der Waals surface area contributed by atoms with Crippen LogP contribution in [0.5, 0.6) is 5.75 Å². The van der Waals surface area contributed by atoms with Crippen LogP contribution in [0.4, 0.5) is 0 Å². The third-order valence-electron chi connectivity index (χ3n) is 2.90. The van der Waals surface area contributed by atoms with Crippen molar-refractivity contribution in [2.75, 3.05) is 6.61 Å². The lowest BCUT2D eigenvalue weighted by Crippen LogP contribution is -2.41. The molecule has 0 bridgehead atoms. The number of carbonyl (C=O) groups excluding carboxylic acids is 1. The lowest BCUT2D eigenvalue weighted by Gasteiger charge is -2.14. The average molecular weight is 358 g/mol. The summed E-state index contributed by atoms with van der Waals surface area (Å²) in [6.45, 7) is 2.18. The summed E-state index contributed by atoms with van der Waals surface area (Å²) < 4.78 is 6.29. The number of hydrogen-bond acceptors (Lipinski definition) is 3. The molecule has 0 aliphatic rings. The van der Waals surface area contributed by atoms with Gasteiger partial charge in [-0.2, -0.15) is 0 Å². The summed E-state index contributed by atoms with van der Waals surface area (Å²) in [5.74, 6) is -0.653. The number of hydrogen-bond donors (Lipinski definition) is 2. The molecule has 1 aromatic carbocycles. The average Bonchev–Trinajstić information content (AvgIpc) is 2.45. The van der Waals surface area contributed by atoms with Gasteiger partial charge in [0, 0.05) is 0 Å². The van der Waals surface area contributed by atoms with Crippen LogP contribution in [0.2, 0.25) is 0 Å². The van der Waals surface area contributed by atoms with Crippen LogP contribution in [0, 0.1) is 0 Å². The molecule has 21 heavy (non-hydrogen) atoms. The molecule has 5 nitrogen and oxygen atoms in total. The Morgan fingerprint density at radius 1 is 1.38 bits per heavy atom. The Labute approximate surface area is 132 Å². The van der Waals surface area contributed by atoms with Crippen molar-refractivity contribution in [3.63, 3.8) is 0 Å². The highest BCUT2D eigenvalue weighted by atomic mass is 79.9. The fourth-order valence-electron chi connectivity index (χ4n) is 1.75. The molecule has 1 amide bonds. The first-order valence-corrected chi connectivity index (χ1v) is 7.73. The van der Waals surface area contributed by atoms with Gasteiger partial charge in [0.15, 0.2) is 0 Å². The molecule has 1 rings (SSSR count). The summed E-state index contributed by atoms with van der Waals surface area (Å²) in [6.07, 6.45) is 2.23. The molecule has 1 aromatic rings. The number of benzene rings is 1. The molecule has 0 saturated carbocycles. The number of amides is 1. The number of para-hydroxylation sites is 1. The molecular weight excluding hydrogens is 338 g/mol. The Balaban J connectivity index is 2.36. The van der Waals surface area contributed by atoms with E-state index in [2.05, 4.69) is 21.2 Å². The Morgan fingerprint density at radius 2 is 2.10 bits per heavy atom. The number of carboxylic acids is 1. The number of nitrogens with one attached hydrogen (secondary N) is 1. The van der Waals surface area contributed by atoms with Gasteiger partial charge in [0.25, 0.3) is 0 Å². The maximum atomic E-state index is 11.7. The summed E-state index contributed by atoms with van der Waals surface area (Å²) in [5.41, 5.74) is 0. The van der Waals surface area contributed by atoms with Crippen LogP contribution >= 0.6 is 15.9 Å². The molecule has 2 N–H and O–H groups in total. The lowest BCUT2D eigenvalue weighted by atomic mass is 10.1. The third-order valence-corrected chi connectivity index (χ3v) is 3.56. The first-order chi connectivity index (χ1) is 10.0. The fraction of sp³-hybridized carbons (Fsp3) is 0.467. The van der Waals surface area contributed by atoms with Gasteiger partial charge < -0.3 is 15.2 Å². The number of ether oxygens (including phenoxy) is 1. The smallest absolute Gasteiger partial charge is 0.326 e. The monoisotopic (exact) mass is 357 g/mol. The summed E-state index contributed by atoms with van der Waals surface area (Å²) in [7, 11) is 0. The third kappa shape index (κ3) is 6.62. The maximum Gasteiger partial charge on any atom is 0.326 e. The van der Waals surface area contributed by atoms with E-state index in [1.165, 1.54) is 0 Å². The van der Waals surface area contributed by atoms with Gasteiger partial charge in [0.1, 0.15) is 11.8 Å². The highest BCUT2D eigenvalue weighted by Gasteiger charge is 2.18. The van der Waals surface area contributed by atoms with Crippen molar-refractivity contribution in [1.82, 2.24) is 5.32 Å². The van der Waals surface area contributed by atoms with E-state index in [9.17, 15) is 9.59 Å². The van der Waals surface area contributed by atoms with Crippen molar-refractivity contribution in [3.8, 4) is 5.75 Å². The Kier molecular flexibility index (Phi) is 7.82. The van der Waals surface area contributed by atoms with E-state index in [0.717, 1.165) is 17.3 Å². The second-order valence-corrected chi connectivity index (χ2v) is 5.48. The van der Waals surface area contributed by atoms with Crippen molar-refractivity contribution in [3.05, 3.63) is 28.7 Å². The zero-order valence-electron chi connectivity index (χ0n) is 12.0. The lowest BCUT2D eigenvalue weighted by molar-refractivity contribution is -0.142. The minimum absolute atomic E-state index is 0.122. The van der Waals surface area contributed by atoms with Crippen molar-refractivity contribution in [2.24, 2.45) is 0 Å². The summed E-state index contributed by atoms with van der Waals surface area (Å²) in [4.78, 5) is 22.8. The van der Waals surface area contributed by atoms with Crippen LogP contribution in [-0.2, 0) is 9.59 Å². The molecule has 1 atom stereocenters. The molecular formula is C15H20BrNO4. The van der Waals surface area contributed by atoms with Gasteiger partial charge in [-0.05, 0) is 34.5 Å². The van der Waals surface area contributed by atoms with Gasteiger partial charge in [-0.3, -0.25) is 4.79 Å². The predicted molar refractivity (Wildman–Crippen MR) is 83.3 cm³/mol. The van der Waals surface area contributed by atoms with Crippen LogP contribution in [0.15, 0.2) is 28.7 Å². The SMILES string of the molecule is CCCC[C@H](NC(=O)CCOc1ccccc1Br)C(=O)O. The first-order valence-electron chi connectivity index (χ1n) is 6.94. The molecule has 0 unspecified atom stereocenters. The first kappa shape index (κ1) is 17.5. The minimum Gasteiger partial charge on any atom is -0.492 e. The number of rotatable bonds is 9. The molecule has 0 aliphatic heterocycles. The van der Waals surface area contributed by atoms with Crippen LogP contribution in [-0.4, -0.2) is 29.6 Å². The fourth-order valence-corrected chi connectivity index (χ4v) is 2.15. The summed E-state index contributed by atoms with van der Waals surface area (Å²) in [6, 6.07) is 6.53. The second-order valence-electron chi connectivity index (χ2n) is 4.63. The maximum absolute atomic E-state index is 11.7. The van der Waals surface area contributed by atoms with E-state index < -0.39 is 12.0 Å². The van der Waals surface area contributed by atoms with E-state index in [1.807, 2.05) is 25.1 Å². The zero-order chi connectivity index (χ0) is 15.7. The van der Waals surface area contributed by atoms with Crippen LogP contribution in [0.3, 0.4) is 0 Å². The zero-order valence-corrected chi connectivity index (χ0v) is 13.6. The van der Waals surface area contributed by atoms with E-state index >= 15 is 0 Å². The normalized spacial score (nSPS) is 11.7. The number of carboxylic acid groups (broad SMARTS) is 1. The number of halogens is 1. The molecule has 0 fully saturated rings.